The summed E-state index contributed by atoms with van der Waals surface area (Å²) in [5.74, 6) is -2.33. The van der Waals surface area contributed by atoms with Gasteiger partial charge in [0.15, 0.2) is 18.1 Å². The summed E-state index contributed by atoms with van der Waals surface area (Å²) in [5, 5.41) is 2.10. The zero-order valence-electron chi connectivity index (χ0n) is 15.6. The standard InChI is InChI=1S/C19H18F2N2O6/c1-23-9-3-4-13(23)18(26)22-16(24)11-28-17(25)8-6-12-5-7-14(29-19(20)21)15(10-12)27-2/h3-10,19H,11H2,1-2H3,(H,22,24,26)/b8-6+. The van der Waals surface area contributed by atoms with Crippen molar-refractivity contribution < 1.29 is 37.4 Å². The number of alkyl halides is 2. The van der Waals surface area contributed by atoms with Crippen molar-refractivity contribution in [1.29, 1.82) is 0 Å². The molecule has 154 valence electrons. The summed E-state index contributed by atoms with van der Waals surface area (Å²) in [5.41, 5.74) is 0.724. The molecule has 8 nitrogen and oxygen atoms in total. The Morgan fingerprint density at radius 2 is 1.97 bits per heavy atom. The minimum Gasteiger partial charge on any atom is -0.493 e. The van der Waals surface area contributed by atoms with E-state index in [-0.39, 0.29) is 17.2 Å². The van der Waals surface area contributed by atoms with Gasteiger partial charge in [-0.1, -0.05) is 6.07 Å². The summed E-state index contributed by atoms with van der Waals surface area (Å²) in [6, 6.07) is 7.25. The molecule has 1 heterocycles. The minimum atomic E-state index is -3.00. The molecule has 0 aliphatic heterocycles. The zero-order chi connectivity index (χ0) is 21.4. The monoisotopic (exact) mass is 408 g/mol. The van der Waals surface area contributed by atoms with Crippen LogP contribution in [0.2, 0.25) is 0 Å². The Morgan fingerprint density at radius 1 is 1.21 bits per heavy atom. The van der Waals surface area contributed by atoms with Gasteiger partial charge in [0.1, 0.15) is 5.69 Å². The van der Waals surface area contributed by atoms with Crippen LogP contribution in [-0.2, 0) is 21.4 Å². The largest absolute Gasteiger partial charge is 0.493 e. The first-order valence-corrected chi connectivity index (χ1v) is 8.23. The molecular formula is C19H18F2N2O6. The SMILES string of the molecule is COc1cc(/C=C/C(=O)OCC(=O)NC(=O)c2cccn2C)ccc1OC(F)F. The Kier molecular flexibility index (Phi) is 7.47. The van der Waals surface area contributed by atoms with E-state index in [0.717, 1.165) is 6.08 Å². The average molecular weight is 408 g/mol. The first-order chi connectivity index (χ1) is 13.8. The average Bonchev–Trinajstić information content (AvgIpc) is 3.11. The fourth-order valence-corrected chi connectivity index (χ4v) is 2.25. The first kappa shape index (κ1) is 21.6. The number of hydrogen-bond acceptors (Lipinski definition) is 6. The summed E-state index contributed by atoms with van der Waals surface area (Å²) in [7, 11) is 2.93. The highest BCUT2D eigenvalue weighted by Crippen LogP contribution is 2.29. The molecule has 0 bridgehead atoms. The third-order valence-corrected chi connectivity index (χ3v) is 3.59. The lowest BCUT2D eigenvalue weighted by Crippen LogP contribution is -2.34. The Hall–Kier alpha value is -3.69. The highest BCUT2D eigenvalue weighted by molar-refractivity contribution is 6.04. The van der Waals surface area contributed by atoms with E-state index in [0.29, 0.717) is 5.56 Å². The molecule has 0 atom stereocenters. The molecule has 2 rings (SSSR count). The number of aromatic nitrogens is 1. The van der Waals surface area contributed by atoms with Gasteiger partial charge in [-0.25, -0.2) is 4.79 Å². The maximum Gasteiger partial charge on any atom is 0.387 e. The number of nitrogens with zero attached hydrogens (tertiary/aromatic N) is 1. The topological polar surface area (TPSA) is 95.9 Å². The Morgan fingerprint density at radius 3 is 2.59 bits per heavy atom. The van der Waals surface area contributed by atoms with E-state index in [1.54, 1.807) is 19.3 Å². The lowest BCUT2D eigenvalue weighted by Gasteiger charge is -2.10. The number of methoxy groups -OCH3 is 1. The molecule has 0 radical (unpaired) electrons. The van der Waals surface area contributed by atoms with E-state index in [1.165, 1.54) is 42.0 Å². The minimum absolute atomic E-state index is 0.0550. The molecule has 0 saturated carbocycles. The molecular weight excluding hydrogens is 390 g/mol. The number of esters is 1. The van der Waals surface area contributed by atoms with Crippen molar-refractivity contribution in [3.05, 3.63) is 53.9 Å². The highest BCUT2D eigenvalue weighted by Gasteiger charge is 2.14. The fourth-order valence-electron chi connectivity index (χ4n) is 2.25. The number of rotatable bonds is 8. The van der Waals surface area contributed by atoms with Gasteiger partial charge in [0.25, 0.3) is 11.8 Å². The van der Waals surface area contributed by atoms with Crippen LogP contribution in [0.1, 0.15) is 16.1 Å². The summed E-state index contributed by atoms with van der Waals surface area (Å²) >= 11 is 0. The quantitative estimate of drug-likeness (QED) is 0.531. The van der Waals surface area contributed by atoms with Gasteiger partial charge in [-0.3, -0.25) is 14.9 Å². The number of hydrogen-bond donors (Lipinski definition) is 1. The maximum atomic E-state index is 12.3. The van der Waals surface area contributed by atoms with Crippen molar-refractivity contribution in [2.24, 2.45) is 7.05 Å². The molecule has 10 heteroatoms. The van der Waals surface area contributed by atoms with E-state index < -0.39 is 31.0 Å². The maximum absolute atomic E-state index is 12.3. The van der Waals surface area contributed by atoms with Crippen LogP contribution in [0, 0.1) is 0 Å². The molecule has 1 aromatic carbocycles. The van der Waals surface area contributed by atoms with E-state index in [9.17, 15) is 23.2 Å². The number of imide groups is 1. The van der Waals surface area contributed by atoms with E-state index >= 15 is 0 Å². The molecule has 0 spiro atoms. The van der Waals surface area contributed by atoms with Gasteiger partial charge >= 0.3 is 12.6 Å². The molecule has 0 saturated heterocycles. The van der Waals surface area contributed by atoms with E-state index in [1.807, 2.05) is 0 Å². The van der Waals surface area contributed by atoms with E-state index in [2.05, 4.69) is 10.1 Å². The summed E-state index contributed by atoms with van der Waals surface area (Å²) < 4.78 is 40.2. The third-order valence-electron chi connectivity index (χ3n) is 3.59. The van der Waals surface area contributed by atoms with Gasteiger partial charge in [0, 0.05) is 19.3 Å². The molecule has 1 N–H and O–H groups in total. The van der Waals surface area contributed by atoms with Gasteiger partial charge in [0.2, 0.25) is 0 Å². The van der Waals surface area contributed by atoms with Crippen LogP contribution in [0.4, 0.5) is 8.78 Å². The number of aryl methyl sites for hydroxylation is 1. The number of carbonyl (C=O) groups is 3. The van der Waals surface area contributed by atoms with Gasteiger partial charge in [-0.05, 0) is 35.9 Å². The van der Waals surface area contributed by atoms with Crippen molar-refractivity contribution in [2.75, 3.05) is 13.7 Å². The number of nitrogens with one attached hydrogen (secondary N) is 1. The van der Waals surface area contributed by atoms with Crippen LogP contribution < -0.4 is 14.8 Å². The first-order valence-electron chi connectivity index (χ1n) is 8.23. The van der Waals surface area contributed by atoms with Crippen LogP contribution in [-0.4, -0.2) is 42.7 Å². The summed E-state index contributed by atoms with van der Waals surface area (Å²) in [4.78, 5) is 35.3. The summed E-state index contributed by atoms with van der Waals surface area (Å²) in [6.07, 6.45) is 4.02. The molecule has 0 aliphatic rings. The van der Waals surface area contributed by atoms with Gasteiger partial charge < -0.3 is 18.8 Å². The smallest absolute Gasteiger partial charge is 0.387 e. The normalized spacial score (nSPS) is 10.8. The second-order valence-electron chi connectivity index (χ2n) is 5.61. The Balaban J connectivity index is 1.87. The van der Waals surface area contributed by atoms with Crippen molar-refractivity contribution in [3.8, 4) is 11.5 Å². The van der Waals surface area contributed by atoms with E-state index in [4.69, 9.17) is 9.47 Å². The number of halogens is 2. The number of benzene rings is 1. The predicted octanol–water partition coefficient (Wildman–Crippen LogP) is 2.15. The van der Waals surface area contributed by atoms with Crippen molar-refractivity contribution >= 4 is 23.9 Å². The van der Waals surface area contributed by atoms with Crippen molar-refractivity contribution in [1.82, 2.24) is 9.88 Å². The third kappa shape index (κ3) is 6.45. The lowest BCUT2D eigenvalue weighted by atomic mass is 10.2. The zero-order valence-corrected chi connectivity index (χ0v) is 15.6. The fraction of sp³-hybridized carbons (Fsp3) is 0.211. The van der Waals surface area contributed by atoms with Crippen LogP contribution >= 0.6 is 0 Å². The molecule has 2 aromatic rings. The number of amides is 2. The lowest BCUT2D eigenvalue weighted by molar-refractivity contribution is -0.143. The van der Waals surface area contributed by atoms with Crippen molar-refractivity contribution in [2.45, 2.75) is 6.61 Å². The summed E-state index contributed by atoms with van der Waals surface area (Å²) in [6.45, 7) is -3.65. The van der Waals surface area contributed by atoms with Crippen LogP contribution in [0.25, 0.3) is 6.08 Å². The molecule has 0 fully saturated rings. The number of ether oxygens (including phenoxy) is 3. The van der Waals surface area contributed by atoms with Gasteiger partial charge in [-0.2, -0.15) is 8.78 Å². The number of carbonyl (C=O) groups excluding carboxylic acids is 3. The predicted molar refractivity (Wildman–Crippen MR) is 97.5 cm³/mol. The molecule has 2 amide bonds. The van der Waals surface area contributed by atoms with Crippen LogP contribution in [0.5, 0.6) is 11.5 Å². The molecule has 29 heavy (non-hydrogen) atoms. The highest BCUT2D eigenvalue weighted by atomic mass is 19.3. The molecule has 0 unspecified atom stereocenters. The van der Waals surface area contributed by atoms with Crippen molar-refractivity contribution in [3.63, 3.8) is 0 Å². The second kappa shape index (κ2) is 10.0. The molecule has 0 aliphatic carbocycles. The second-order valence-corrected chi connectivity index (χ2v) is 5.61. The Bertz CT molecular complexity index is 923. The van der Waals surface area contributed by atoms with Gasteiger partial charge in [0.05, 0.1) is 7.11 Å². The van der Waals surface area contributed by atoms with Crippen LogP contribution in [0.15, 0.2) is 42.6 Å². The Labute approximate surface area is 164 Å². The van der Waals surface area contributed by atoms with Gasteiger partial charge in [-0.15, -0.1) is 0 Å². The molecule has 1 aromatic heterocycles. The van der Waals surface area contributed by atoms with Crippen LogP contribution in [0.3, 0.4) is 0 Å².